The molecule has 2 rings (SSSR count). The van der Waals surface area contributed by atoms with Gasteiger partial charge in [0.25, 0.3) is 0 Å². The molecule has 0 aliphatic carbocycles. The minimum atomic E-state index is 0.327. The number of nitrogens with two attached hydrogens (primary N) is 1. The van der Waals surface area contributed by atoms with Gasteiger partial charge in [0, 0.05) is 15.7 Å². The molecule has 2 aromatic rings. The van der Waals surface area contributed by atoms with Crippen LogP contribution in [0.25, 0.3) is 0 Å². The van der Waals surface area contributed by atoms with Crippen molar-refractivity contribution in [3.05, 3.63) is 55.9 Å². The maximum atomic E-state index is 6.07. The molecule has 6 heteroatoms. The van der Waals surface area contributed by atoms with Crippen molar-refractivity contribution in [2.45, 2.75) is 0 Å². The zero-order valence-corrected chi connectivity index (χ0v) is 14.3. The van der Waals surface area contributed by atoms with Gasteiger partial charge in [0.1, 0.15) is 4.99 Å². The molecule has 0 fully saturated rings. The summed E-state index contributed by atoms with van der Waals surface area (Å²) in [5.74, 6) is 0. The first-order valence-electron chi connectivity index (χ1n) is 5.30. The molecule has 2 nitrogen and oxygen atoms in total. The predicted molar refractivity (Wildman–Crippen MR) is 92.5 cm³/mol. The first kappa shape index (κ1) is 14.8. The highest BCUT2D eigenvalue weighted by Crippen LogP contribution is 2.34. The van der Waals surface area contributed by atoms with Gasteiger partial charge in [-0.1, -0.05) is 36.0 Å². The minimum absolute atomic E-state index is 0.327. The number of thiocarbonyl (C=S) groups is 1. The van der Waals surface area contributed by atoms with Gasteiger partial charge in [0.15, 0.2) is 0 Å². The molecule has 0 spiro atoms. The number of hydrogen-bond donors (Lipinski definition) is 2. The zero-order chi connectivity index (χ0) is 14.0. The smallest absolute Gasteiger partial charge is 0.107 e. The summed E-state index contributed by atoms with van der Waals surface area (Å²) in [7, 11) is 0. The molecule has 0 aromatic heterocycles. The Morgan fingerprint density at radius 1 is 1.11 bits per heavy atom. The molecule has 0 unspecified atom stereocenters. The maximum Gasteiger partial charge on any atom is 0.107 e. The van der Waals surface area contributed by atoms with Crippen LogP contribution in [0.1, 0.15) is 5.56 Å². The van der Waals surface area contributed by atoms with E-state index in [0.29, 0.717) is 10.0 Å². The molecule has 98 valence electrons. The van der Waals surface area contributed by atoms with Gasteiger partial charge in [-0.2, -0.15) is 0 Å². The highest BCUT2D eigenvalue weighted by molar-refractivity contribution is 9.11. The van der Waals surface area contributed by atoms with Crippen molar-refractivity contribution in [2.75, 3.05) is 5.32 Å². The summed E-state index contributed by atoms with van der Waals surface area (Å²) in [6.45, 7) is 0. The second-order valence-corrected chi connectivity index (χ2v) is 6.25. The molecule has 0 radical (unpaired) electrons. The number of rotatable bonds is 3. The number of nitrogens with one attached hydrogen (secondary N) is 1. The van der Waals surface area contributed by atoms with Crippen LogP contribution in [0.4, 0.5) is 11.4 Å². The normalized spacial score (nSPS) is 10.3. The van der Waals surface area contributed by atoms with E-state index in [0.717, 1.165) is 25.9 Å². The summed E-state index contributed by atoms with van der Waals surface area (Å²) in [6, 6.07) is 11.3. The second kappa shape index (κ2) is 6.22. The van der Waals surface area contributed by atoms with Gasteiger partial charge in [0.05, 0.1) is 15.2 Å². The summed E-state index contributed by atoms with van der Waals surface area (Å²) in [4.78, 5) is 0.327. The fourth-order valence-corrected chi connectivity index (χ4v) is 3.09. The molecule has 0 aliphatic heterocycles. The third kappa shape index (κ3) is 3.28. The number of benzene rings is 2. The van der Waals surface area contributed by atoms with Gasteiger partial charge in [-0.05, 0) is 56.1 Å². The van der Waals surface area contributed by atoms with Gasteiger partial charge in [-0.3, -0.25) is 0 Å². The first-order valence-corrected chi connectivity index (χ1v) is 7.67. The van der Waals surface area contributed by atoms with Gasteiger partial charge in [-0.15, -0.1) is 0 Å². The lowest BCUT2D eigenvalue weighted by Crippen LogP contribution is -2.12. The number of anilines is 2. The number of hydrogen-bond acceptors (Lipinski definition) is 2. The zero-order valence-electron chi connectivity index (χ0n) is 9.58. The van der Waals surface area contributed by atoms with E-state index in [1.165, 1.54) is 0 Å². The van der Waals surface area contributed by atoms with E-state index in [-0.39, 0.29) is 0 Å². The van der Waals surface area contributed by atoms with Gasteiger partial charge in [0.2, 0.25) is 0 Å². The van der Waals surface area contributed by atoms with E-state index in [1.54, 1.807) is 0 Å². The lowest BCUT2D eigenvalue weighted by atomic mass is 10.1. The first-order chi connectivity index (χ1) is 9.00. The fourth-order valence-electron chi connectivity index (χ4n) is 1.62. The SMILES string of the molecule is NC(=S)c1c(Br)cccc1Nc1cccc(Cl)c1Br. The van der Waals surface area contributed by atoms with Crippen LogP contribution in [0.5, 0.6) is 0 Å². The van der Waals surface area contributed by atoms with Gasteiger partial charge < -0.3 is 11.1 Å². The van der Waals surface area contributed by atoms with E-state index in [1.807, 2.05) is 36.4 Å². The Labute approximate surface area is 138 Å². The van der Waals surface area contributed by atoms with Crippen molar-refractivity contribution in [2.24, 2.45) is 5.73 Å². The van der Waals surface area contributed by atoms with E-state index in [4.69, 9.17) is 29.6 Å². The molecule has 0 aliphatic rings. The largest absolute Gasteiger partial charge is 0.389 e. The van der Waals surface area contributed by atoms with Gasteiger partial charge in [-0.25, -0.2) is 0 Å². The maximum absolute atomic E-state index is 6.07. The van der Waals surface area contributed by atoms with Crippen molar-refractivity contribution < 1.29 is 0 Å². The van der Waals surface area contributed by atoms with Crippen LogP contribution in [-0.4, -0.2) is 4.99 Å². The van der Waals surface area contributed by atoms with Crippen LogP contribution in [0.2, 0.25) is 5.02 Å². The molecular formula is C13H9Br2ClN2S. The quantitative estimate of drug-likeness (QED) is 0.667. The average Bonchev–Trinajstić information content (AvgIpc) is 2.34. The summed E-state index contributed by atoms with van der Waals surface area (Å²) >= 11 is 18.0. The van der Waals surface area contributed by atoms with Crippen molar-refractivity contribution in [3.63, 3.8) is 0 Å². The van der Waals surface area contributed by atoms with Gasteiger partial charge >= 0.3 is 0 Å². The van der Waals surface area contributed by atoms with Crippen LogP contribution in [0.3, 0.4) is 0 Å². The molecule has 2 aromatic carbocycles. The Morgan fingerprint density at radius 2 is 1.74 bits per heavy atom. The highest BCUT2D eigenvalue weighted by Gasteiger charge is 2.11. The van der Waals surface area contributed by atoms with Crippen LogP contribution in [-0.2, 0) is 0 Å². The summed E-state index contributed by atoms with van der Waals surface area (Å²) in [5, 5.41) is 3.91. The topological polar surface area (TPSA) is 38.0 Å². The van der Waals surface area contributed by atoms with Crippen LogP contribution in [0, 0.1) is 0 Å². The van der Waals surface area contributed by atoms with E-state index in [9.17, 15) is 0 Å². The average molecular weight is 421 g/mol. The van der Waals surface area contributed by atoms with E-state index >= 15 is 0 Å². The summed E-state index contributed by atoms with van der Waals surface area (Å²) < 4.78 is 1.65. The van der Waals surface area contributed by atoms with E-state index < -0.39 is 0 Å². The summed E-state index contributed by atoms with van der Waals surface area (Å²) in [5.41, 5.74) is 8.20. The Bertz CT molecular complexity index is 647. The molecule has 3 N–H and O–H groups in total. The molecular weight excluding hydrogens is 411 g/mol. The highest BCUT2D eigenvalue weighted by atomic mass is 79.9. The lowest BCUT2D eigenvalue weighted by molar-refractivity contribution is 1.48. The monoisotopic (exact) mass is 418 g/mol. The Morgan fingerprint density at radius 3 is 2.42 bits per heavy atom. The second-order valence-electron chi connectivity index (χ2n) is 3.75. The Kier molecular flexibility index (Phi) is 4.84. The predicted octanol–water partition coefficient (Wildman–Crippen LogP) is 5.24. The van der Waals surface area contributed by atoms with Crippen LogP contribution < -0.4 is 11.1 Å². The molecule has 0 amide bonds. The third-order valence-electron chi connectivity index (χ3n) is 2.48. The van der Waals surface area contributed by atoms with Crippen molar-refractivity contribution in [1.82, 2.24) is 0 Å². The van der Waals surface area contributed by atoms with Crippen molar-refractivity contribution >= 4 is 72.0 Å². The van der Waals surface area contributed by atoms with Crippen LogP contribution >= 0.6 is 55.7 Å². The molecule has 0 atom stereocenters. The molecule has 0 saturated carbocycles. The lowest BCUT2D eigenvalue weighted by Gasteiger charge is -2.14. The molecule has 0 heterocycles. The standard InChI is InChI=1S/C13H9Br2ClN2S/c14-7-3-1-5-9(11(7)13(17)19)18-10-6-2-4-8(16)12(10)15/h1-6,18H,(H2,17,19). The fraction of sp³-hybridized carbons (Fsp3) is 0. The van der Waals surface area contributed by atoms with Crippen LogP contribution in [0.15, 0.2) is 45.3 Å². The van der Waals surface area contributed by atoms with E-state index in [2.05, 4.69) is 37.2 Å². The number of halogens is 3. The minimum Gasteiger partial charge on any atom is -0.389 e. The molecule has 19 heavy (non-hydrogen) atoms. The van der Waals surface area contributed by atoms with Crippen molar-refractivity contribution in [1.29, 1.82) is 0 Å². The molecule has 0 bridgehead atoms. The third-order valence-corrected chi connectivity index (χ3v) is 4.74. The Hall–Kier alpha value is -0.620. The van der Waals surface area contributed by atoms with Crippen molar-refractivity contribution in [3.8, 4) is 0 Å². The Balaban J connectivity index is 2.47. The molecule has 0 saturated heterocycles. The summed E-state index contributed by atoms with van der Waals surface area (Å²) in [6.07, 6.45) is 0.